The minimum Gasteiger partial charge on any atom is -0.388 e. The van der Waals surface area contributed by atoms with Gasteiger partial charge in [0.15, 0.2) is 11.5 Å². The first-order valence-electron chi connectivity index (χ1n) is 10.5. The second-order valence-electron chi connectivity index (χ2n) is 7.86. The quantitative estimate of drug-likeness (QED) is 0.507. The Balaban J connectivity index is 1.46. The molecule has 3 aromatic heterocycles. The molecule has 1 aliphatic heterocycles. The Bertz CT molecular complexity index is 1100. The Labute approximate surface area is 179 Å². The standard InChI is InChI=1S/C23H25N5OS/c29-20(17-7-3-1-4-8-17)15-19-9-5-2-6-13-27(19)22-11-10-21-24-25-23(28(21)26-22)18-12-14-30-16-18/h1,3-4,7-8,10-12,14,16,19-20,29H,2,5-6,9,13,15H2. The normalized spacial score (nSPS) is 18.4. The maximum absolute atomic E-state index is 10.9. The van der Waals surface area contributed by atoms with Crippen LogP contribution < -0.4 is 4.90 Å². The largest absolute Gasteiger partial charge is 0.388 e. The highest BCUT2D eigenvalue weighted by Gasteiger charge is 2.26. The van der Waals surface area contributed by atoms with Crippen LogP contribution in [0.25, 0.3) is 17.0 Å². The number of rotatable bonds is 5. The lowest BCUT2D eigenvalue weighted by Crippen LogP contribution is -2.37. The summed E-state index contributed by atoms with van der Waals surface area (Å²) in [6.07, 6.45) is 4.81. The van der Waals surface area contributed by atoms with Crippen LogP contribution in [0, 0.1) is 0 Å². The molecule has 7 heteroatoms. The van der Waals surface area contributed by atoms with Gasteiger partial charge in [0.25, 0.3) is 0 Å². The molecule has 0 radical (unpaired) electrons. The summed E-state index contributed by atoms with van der Waals surface area (Å²) in [5.41, 5.74) is 2.75. The zero-order chi connectivity index (χ0) is 20.3. The molecule has 2 atom stereocenters. The van der Waals surface area contributed by atoms with Crippen molar-refractivity contribution in [2.24, 2.45) is 0 Å². The van der Waals surface area contributed by atoms with Crippen molar-refractivity contribution in [1.82, 2.24) is 19.8 Å². The number of nitrogens with zero attached hydrogens (tertiary/aromatic N) is 5. The molecule has 0 saturated carbocycles. The zero-order valence-electron chi connectivity index (χ0n) is 16.8. The molecule has 1 saturated heterocycles. The van der Waals surface area contributed by atoms with Gasteiger partial charge < -0.3 is 10.0 Å². The van der Waals surface area contributed by atoms with E-state index in [9.17, 15) is 5.11 Å². The van der Waals surface area contributed by atoms with E-state index in [1.165, 1.54) is 12.8 Å². The molecule has 1 aromatic carbocycles. The maximum atomic E-state index is 10.9. The summed E-state index contributed by atoms with van der Waals surface area (Å²) in [5, 5.41) is 28.5. The van der Waals surface area contributed by atoms with Gasteiger partial charge in [-0.1, -0.05) is 43.2 Å². The molecule has 30 heavy (non-hydrogen) atoms. The van der Waals surface area contributed by atoms with Crippen molar-refractivity contribution in [1.29, 1.82) is 0 Å². The Kier molecular flexibility index (Phi) is 5.46. The van der Waals surface area contributed by atoms with Crippen molar-refractivity contribution >= 4 is 22.8 Å². The first-order valence-corrected chi connectivity index (χ1v) is 11.5. The van der Waals surface area contributed by atoms with Crippen LogP contribution in [0.5, 0.6) is 0 Å². The Morgan fingerprint density at radius 1 is 1.03 bits per heavy atom. The minimum atomic E-state index is -0.475. The van der Waals surface area contributed by atoms with Crippen LogP contribution in [0.1, 0.15) is 43.8 Å². The fraction of sp³-hybridized carbons (Fsp3) is 0.348. The summed E-state index contributed by atoms with van der Waals surface area (Å²) in [7, 11) is 0. The van der Waals surface area contributed by atoms with E-state index in [2.05, 4.69) is 20.5 Å². The van der Waals surface area contributed by atoms with E-state index in [0.717, 1.165) is 47.8 Å². The van der Waals surface area contributed by atoms with Gasteiger partial charge in [-0.3, -0.25) is 0 Å². The number of aromatic nitrogens is 4. The van der Waals surface area contributed by atoms with Crippen molar-refractivity contribution in [3.8, 4) is 11.4 Å². The van der Waals surface area contributed by atoms with Gasteiger partial charge >= 0.3 is 0 Å². The number of hydrogen-bond acceptors (Lipinski definition) is 6. The van der Waals surface area contributed by atoms with Crippen LogP contribution in [0.3, 0.4) is 0 Å². The molecular formula is C23H25N5OS. The number of hydrogen-bond donors (Lipinski definition) is 1. The van der Waals surface area contributed by atoms with Crippen molar-refractivity contribution in [2.75, 3.05) is 11.4 Å². The summed E-state index contributed by atoms with van der Waals surface area (Å²) in [4.78, 5) is 2.37. The molecule has 5 rings (SSSR count). The number of fused-ring (bicyclic) bond motifs is 1. The fourth-order valence-electron chi connectivity index (χ4n) is 4.30. The molecule has 2 unspecified atom stereocenters. The van der Waals surface area contributed by atoms with E-state index in [4.69, 9.17) is 5.10 Å². The van der Waals surface area contributed by atoms with E-state index in [1.807, 2.05) is 58.4 Å². The topological polar surface area (TPSA) is 66.5 Å². The van der Waals surface area contributed by atoms with Crippen molar-refractivity contribution < 1.29 is 5.11 Å². The molecule has 0 bridgehead atoms. The summed E-state index contributed by atoms with van der Waals surface area (Å²) in [6.45, 7) is 0.945. The summed E-state index contributed by atoms with van der Waals surface area (Å²) >= 11 is 1.64. The van der Waals surface area contributed by atoms with Crippen LogP contribution in [0.4, 0.5) is 5.82 Å². The first-order chi connectivity index (χ1) is 14.8. The van der Waals surface area contributed by atoms with Crippen LogP contribution in [-0.4, -0.2) is 37.5 Å². The highest BCUT2D eigenvalue weighted by molar-refractivity contribution is 7.08. The number of aliphatic hydroxyl groups is 1. The van der Waals surface area contributed by atoms with Gasteiger partial charge in [0.05, 0.1) is 6.10 Å². The Morgan fingerprint density at radius 3 is 2.77 bits per heavy atom. The van der Waals surface area contributed by atoms with Gasteiger partial charge in [0, 0.05) is 23.5 Å². The Hall–Kier alpha value is -2.77. The second kappa shape index (κ2) is 8.53. The average molecular weight is 420 g/mol. The SMILES string of the molecule is OC(CC1CCCCCN1c1ccc2nnc(-c3ccsc3)n2n1)c1ccccc1. The van der Waals surface area contributed by atoms with Crippen molar-refractivity contribution in [2.45, 2.75) is 44.2 Å². The van der Waals surface area contributed by atoms with E-state index < -0.39 is 6.10 Å². The van der Waals surface area contributed by atoms with Crippen LogP contribution in [0.15, 0.2) is 59.3 Å². The molecule has 4 heterocycles. The molecule has 0 amide bonds. The van der Waals surface area contributed by atoms with Crippen LogP contribution >= 0.6 is 11.3 Å². The molecular weight excluding hydrogens is 394 g/mol. The minimum absolute atomic E-state index is 0.244. The van der Waals surface area contributed by atoms with Gasteiger partial charge in [-0.2, -0.15) is 15.9 Å². The maximum Gasteiger partial charge on any atom is 0.186 e. The lowest BCUT2D eigenvalue weighted by Gasteiger charge is -2.32. The first kappa shape index (κ1) is 19.2. The van der Waals surface area contributed by atoms with Crippen molar-refractivity contribution in [3.63, 3.8) is 0 Å². The predicted octanol–water partition coefficient (Wildman–Crippen LogP) is 4.73. The van der Waals surface area contributed by atoms with Gasteiger partial charge in [-0.05, 0) is 48.4 Å². The molecule has 1 aliphatic rings. The molecule has 1 N–H and O–H groups in total. The van der Waals surface area contributed by atoms with Gasteiger partial charge in [-0.25, -0.2) is 0 Å². The molecule has 6 nitrogen and oxygen atoms in total. The molecule has 4 aromatic rings. The van der Waals surface area contributed by atoms with Crippen molar-refractivity contribution in [3.05, 3.63) is 64.9 Å². The van der Waals surface area contributed by atoms with E-state index in [-0.39, 0.29) is 6.04 Å². The van der Waals surface area contributed by atoms with E-state index in [1.54, 1.807) is 11.3 Å². The molecule has 154 valence electrons. The number of aliphatic hydroxyl groups excluding tert-OH is 1. The number of benzene rings is 1. The number of anilines is 1. The summed E-state index contributed by atoms with van der Waals surface area (Å²) < 4.78 is 1.84. The smallest absolute Gasteiger partial charge is 0.186 e. The van der Waals surface area contributed by atoms with Crippen LogP contribution in [0.2, 0.25) is 0 Å². The third-order valence-corrected chi connectivity index (χ3v) is 6.56. The zero-order valence-corrected chi connectivity index (χ0v) is 17.6. The third-order valence-electron chi connectivity index (χ3n) is 5.88. The lowest BCUT2D eigenvalue weighted by atomic mass is 9.98. The fourth-order valence-corrected chi connectivity index (χ4v) is 4.93. The average Bonchev–Trinajstić information content (AvgIpc) is 3.40. The van der Waals surface area contributed by atoms with Crippen LogP contribution in [-0.2, 0) is 0 Å². The van der Waals surface area contributed by atoms with E-state index in [0.29, 0.717) is 6.42 Å². The summed E-state index contributed by atoms with van der Waals surface area (Å²) in [5.74, 6) is 1.69. The van der Waals surface area contributed by atoms with Gasteiger partial charge in [0.2, 0.25) is 0 Å². The lowest BCUT2D eigenvalue weighted by molar-refractivity contribution is 0.155. The molecule has 0 spiro atoms. The third kappa shape index (κ3) is 3.82. The molecule has 1 fully saturated rings. The monoisotopic (exact) mass is 419 g/mol. The number of thiophene rings is 1. The van der Waals surface area contributed by atoms with Gasteiger partial charge in [0.1, 0.15) is 5.82 Å². The molecule has 0 aliphatic carbocycles. The summed E-state index contributed by atoms with van der Waals surface area (Å²) in [6, 6.07) is 16.3. The Morgan fingerprint density at radius 2 is 1.93 bits per heavy atom. The second-order valence-corrected chi connectivity index (χ2v) is 8.64. The highest BCUT2D eigenvalue weighted by Crippen LogP contribution is 2.30. The predicted molar refractivity (Wildman–Crippen MR) is 120 cm³/mol. The van der Waals surface area contributed by atoms with Gasteiger partial charge in [-0.15, -0.1) is 15.3 Å². The van der Waals surface area contributed by atoms with E-state index >= 15 is 0 Å². The highest BCUT2D eigenvalue weighted by atomic mass is 32.1.